The molecule has 0 bridgehead atoms. The van der Waals surface area contributed by atoms with Gasteiger partial charge in [-0.3, -0.25) is 5.41 Å². The Morgan fingerprint density at radius 1 is 1.20 bits per heavy atom. The third kappa shape index (κ3) is 1.96. The molecule has 2 aromatic carbocycles. The molecule has 0 radical (unpaired) electrons. The van der Waals surface area contributed by atoms with Gasteiger partial charge in [0.1, 0.15) is 0 Å². The molecule has 3 nitrogen and oxygen atoms in total. The molecule has 0 amide bonds. The van der Waals surface area contributed by atoms with Crippen molar-refractivity contribution < 1.29 is 5.11 Å². The van der Waals surface area contributed by atoms with Crippen LogP contribution in [0.4, 0.5) is 0 Å². The van der Waals surface area contributed by atoms with E-state index in [4.69, 9.17) is 17.0 Å². The summed E-state index contributed by atoms with van der Waals surface area (Å²) in [5.41, 5.74) is 3.21. The van der Waals surface area contributed by atoms with Gasteiger partial charge < -0.3 is 10.1 Å². The number of aromatic hydroxyl groups is 1. The number of nitrogens with one attached hydrogen (secondary N) is 2. The minimum atomic E-state index is 0.00731. The molecule has 0 saturated heterocycles. The zero-order valence-electron chi connectivity index (χ0n) is 10.9. The van der Waals surface area contributed by atoms with E-state index in [1.54, 1.807) is 6.07 Å². The number of rotatable bonds is 2. The highest BCUT2D eigenvalue weighted by atomic mass is 35.5. The van der Waals surface area contributed by atoms with E-state index in [9.17, 15) is 5.11 Å². The van der Waals surface area contributed by atoms with Crippen LogP contribution in [0.1, 0.15) is 16.7 Å². The van der Waals surface area contributed by atoms with Crippen LogP contribution in [-0.4, -0.2) is 15.8 Å². The monoisotopic (exact) mass is 284 g/mol. The van der Waals surface area contributed by atoms with Crippen molar-refractivity contribution in [3.8, 4) is 5.88 Å². The highest BCUT2D eigenvalue weighted by molar-refractivity contribution is 6.32. The van der Waals surface area contributed by atoms with Crippen LogP contribution in [-0.2, 0) is 0 Å². The molecular formula is C16H13ClN2O. The molecule has 3 aromatic rings. The summed E-state index contributed by atoms with van der Waals surface area (Å²) in [7, 11) is 0. The van der Waals surface area contributed by atoms with Crippen molar-refractivity contribution in [1.29, 1.82) is 5.41 Å². The molecule has 0 aliphatic rings. The first kappa shape index (κ1) is 12.8. The van der Waals surface area contributed by atoms with Gasteiger partial charge in [-0.15, -0.1) is 0 Å². The smallest absolute Gasteiger partial charge is 0.199 e. The van der Waals surface area contributed by atoms with Crippen molar-refractivity contribution in [2.45, 2.75) is 6.92 Å². The second-order valence-corrected chi connectivity index (χ2v) is 5.14. The minimum absolute atomic E-state index is 0.00731. The van der Waals surface area contributed by atoms with Gasteiger partial charge in [0.05, 0.1) is 11.3 Å². The summed E-state index contributed by atoms with van der Waals surface area (Å²) in [6.45, 7) is 1.92. The van der Waals surface area contributed by atoms with Gasteiger partial charge in [-0.25, -0.2) is 0 Å². The number of aromatic nitrogens is 1. The molecule has 4 heteroatoms. The Hall–Kier alpha value is -2.26. The number of aryl methyl sites for hydroxylation is 1. The standard InChI is InChI=1S/C16H13ClN2O/c1-9-6-7-10(8-12(9)17)15(18)14-11-4-2-3-5-13(11)19-16(14)20/h2-8,18-20H,1H3. The third-order valence-corrected chi connectivity index (χ3v) is 3.80. The molecule has 0 aliphatic carbocycles. The molecule has 20 heavy (non-hydrogen) atoms. The van der Waals surface area contributed by atoms with E-state index in [0.29, 0.717) is 16.1 Å². The lowest BCUT2D eigenvalue weighted by atomic mass is 10.0. The van der Waals surface area contributed by atoms with E-state index in [1.165, 1.54) is 0 Å². The van der Waals surface area contributed by atoms with Gasteiger partial charge in [0.15, 0.2) is 5.88 Å². The van der Waals surface area contributed by atoms with Crippen molar-refractivity contribution in [3.05, 3.63) is 64.2 Å². The Labute approximate surface area is 121 Å². The van der Waals surface area contributed by atoms with E-state index in [1.807, 2.05) is 43.3 Å². The topological polar surface area (TPSA) is 59.9 Å². The van der Waals surface area contributed by atoms with E-state index in [-0.39, 0.29) is 11.6 Å². The summed E-state index contributed by atoms with van der Waals surface area (Å²) >= 11 is 6.11. The molecule has 100 valence electrons. The van der Waals surface area contributed by atoms with E-state index >= 15 is 0 Å². The molecule has 1 heterocycles. The maximum Gasteiger partial charge on any atom is 0.199 e. The lowest BCUT2D eigenvalue weighted by Gasteiger charge is -2.06. The lowest BCUT2D eigenvalue weighted by Crippen LogP contribution is -2.01. The van der Waals surface area contributed by atoms with Crippen molar-refractivity contribution in [3.63, 3.8) is 0 Å². The normalized spacial score (nSPS) is 10.9. The van der Waals surface area contributed by atoms with Gasteiger partial charge in [0.2, 0.25) is 0 Å². The zero-order chi connectivity index (χ0) is 14.3. The Bertz CT molecular complexity index is 820. The number of benzene rings is 2. The van der Waals surface area contributed by atoms with Crippen molar-refractivity contribution in [2.24, 2.45) is 0 Å². The SMILES string of the molecule is Cc1ccc(C(=N)c2c(O)[nH]c3ccccc23)cc1Cl. The van der Waals surface area contributed by atoms with Crippen molar-refractivity contribution >= 4 is 28.2 Å². The molecular weight excluding hydrogens is 272 g/mol. The first-order chi connectivity index (χ1) is 9.58. The average Bonchev–Trinajstić information content (AvgIpc) is 2.77. The Morgan fingerprint density at radius 3 is 2.70 bits per heavy atom. The predicted octanol–water partition coefficient (Wildman–Crippen LogP) is 4.25. The summed E-state index contributed by atoms with van der Waals surface area (Å²) in [5, 5.41) is 19.8. The van der Waals surface area contributed by atoms with Crippen molar-refractivity contribution in [2.75, 3.05) is 0 Å². The van der Waals surface area contributed by atoms with Gasteiger partial charge in [0, 0.05) is 21.5 Å². The molecule has 1 aromatic heterocycles. The van der Waals surface area contributed by atoms with Crippen molar-refractivity contribution in [1.82, 2.24) is 4.98 Å². The fourth-order valence-corrected chi connectivity index (χ4v) is 2.45. The second-order valence-electron chi connectivity index (χ2n) is 4.73. The third-order valence-electron chi connectivity index (χ3n) is 3.40. The Balaban J connectivity index is 2.17. The number of halogens is 1. The molecule has 0 unspecified atom stereocenters. The van der Waals surface area contributed by atoms with Gasteiger partial charge in [-0.2, -0.15) is 0 Å². The molecule has 0 spiro atoms. The largest absolute Gasteiger partial charge is 0.494 e. The Kier molecular flexibility index (Phi) is 2.99. The van der Waals surface area contributed by atoms with Crippen LogP contribution in [0.5, 0.6) is 5.88 Å². The van der Waals surface area contributed by atoms with Crippen LogP contribution in [0.2, 0.25) is 5.02 Å². The fraction of sp³-hybridized carbons (Fsp3) is 0.0625. The average molecular weight is 285 g/mol. The highest BCUT2D eigenvalue weighted by Gasteiger charge is 2.16. The van der Waals surface area contributed by atoms with Gasteiger partial charge >= 0.3 is 0 Å². The Morgan fingerprint density at radius 2 is 1.95 bits per heavy atom. The predicted molar refractivity (Wildman–Crippen MR) is 82.1 cm³/mol. The summed E-state index contributed by atoms with van der Waals surface area (Å²) < 4.78 is 0. The van der Waals surface area contributed by atoms with Gasteiger partial charge in [-0.05, 0) is 24.6 Å². The molecule has 3 rings (SSSR count). The zero-order valence-corrected chi connectivity index (χ0v) is 11.6. The quantitative estimate of drug-likeness (QED) is 0.605. The maximum atomic E-state index is 10.1. The number of fused-ring (bicyclic) bond motifs is 1. The van der Waals surface area contributed by atoms with E-state index in [0.717, 1.165) is 16.5 Å². The fourth-order valence-electron chi connectivity index (χ4n) is 2.27. The highest BCUT2D eigenvalue weighted by Crippen LogP contribution is 2.30. The molecule has 0 aliphatic heterocycles. The molecule has 3 N–H and O–H groups in total. The molecule has 0 saturated carbocycles. The van der Waals surface area contributed by atoms with Crippen LogP contribution in [0, 0.1) is 12.3 Å². The van der Waals surface area contributed by atoms with Crippen LogP contribution in [0.15, 0.2) is 42.5 Å². The summed E-state index contributed by atoms with van der Waals surface area (Å²) in [4.78, 5) is 2.89. The summed E-state index contributed by atoms with van der Waals surface area (Å²) in [5.74, 6) is 0.00731. The first-order valence-electron chi connectivity index (χ1n) is 6.23. The number of para-hydroxylation sites is 1. The number of hydrogen-bond donors (Lipinski definition) is 3. The first-order valence-corrected chi connectivity index (χ1v) is 6.61. The lowest BCUT2D eigenvalue weighted by molar-refractivity contribution is 0.457. The number of hydrogen-bond acceptors (Lipinski definition) is 2. The maximum absolute atomic E-state index is 10.1. The van der Waals surface area contributed by atoms with Crippen LogP contribution in [0.25, 0.3) is 10.9 Å². The minimum Gasteiger partial charge on any atom is -0.494 e. The van der Waals surface area contributed by atoms with Gasteiger partial charge in [0.25, 0.3) is 0 Å². The van der Waals surface area contributed by atoms with Crippen LogP contribution < -0.4 is 0 Å². The van der Waals surface area contributed by atoms with Crippen LogP contribution >= 0.6 is 11.6 Å². The van der Waals surface area contributed by atoms with E-state index in [2.05, 4.69) is 4.98 Å². The number of aromatic amines is 1. The second kappa shape index (κ2) is 4.69. The van der Waals surface area contributed by atoms with E-state index < -0.39 is 0 Å². The molecule has 0 atom stereocenters. The number of H-pyrrole nitrogens is 1. The summed E-state index contributed by atoms with van der Waals surface area (Å²) in [6.07, 6.45) is 0. The van der Waals surface area contributed by atoms with Crippen LogP contribution in [0.3, 0.4) is 0 Å². The summed E-state index contributed by atoms with van der Waals surface area (Å²) in [6, 6.07) is 13.0. The van der Waals surface area contributed by atoms with Gasteiger partial charge in [-0.1, -0.05) is 41.9 Å². The molecule has 0 fully saturated rings.